The first-order chi connectivity index (χ1) is 13.3. The first-order valence-electron chi connectivity index (χ1n) is 9.75. The van der Waals surface area contributed by atoms with Crippen molar-refractivity contribution in [3.63, 3.8) is 0 Å². The van der Waals surface area contributed by atoms with E-state index in [-0.39, 0.29) is 23.7 Å². The van der Waals surface area contributed by atoms with Crippen LogP contribution >= 0.6 is 0 Å². The second kappa shape index (κ2) is 8.41. The Hall–Kier alpha value is -2.25. The van der Waals surface area contributed by atoms with Gasteiger partial charge in [0.25, 0.3) is 0 Å². The molecule has 2 aromatic rings. The van der Waals surface area contributed by atoms with Crippen LogP contribution in [0.15, 0.2) is 41.3 Å². The van der Waals surface area contributed by atoms with Gasteiger partial charge in [-0.05, 0) is 48.2 Å². The molecule has 0 atom stereocenters. The lowest BCUT2D eigenvalue weighted by Gasteiger charge is -2.19. The first kappa shape index (κ1) is 20.5. The van der Waals surface area contributed by atoms with Gasteiger partial charge in [-0.25, -0.2) is 8.42 Å². The smallest absolute Gasteiger partial charge is 0.247 e. The van der Waals surface area contributed by atoms with Crippen molar-refractivity contribution in [2.45, 2.75) is 63.6 Å². The average molecular weight is 405 g/mol. The van der Waals surface area contributed by atoms with E-state index in [9.17, 15) is 18.6 Å². The lowest BCUT2D eigenvalue weighted by atomic mass is 10.0. The Morgan fingerprint density at radius 3 is 2.32 bits per heavy atom. The van der Waals surface area contributed by atoms with E-state index in [0.29, 0.717) is 6.04 Å². The summed E-state index contributed by atoms with van der Waals surface area (Å²) in [6, 6.07) is 9.96. The molecule has 7 heteroatoms. The minimum Gasteiger partial charge on any atom is -0.508 e. The summed E-state index contributed by atoms with van der Waals surface area (Å²) in [7, 11) is -3.86. The Morgan fingerprint density at radius 1 is 1.00 bits per heavy atom. The summed E-state index contributed by atoms with van der Waals surface area (Å²) < 4.78 is 27.2. The molecule has 0 aliphatic carbocycles. The summed E-state index contributed by atoms with van der Waals surface area (Å²) in [6.07, 6.45) is 4.44. The number of hydrogen-bond acceptors (Lipinski definition) is 5. The highest BCUT2D eigenvalue weighted by Gasteiger charge is 2.32. The molecule has 0 spiro atoms. The fraction of sp³-hybridized carbons (Fsp3) is 0.429. The molecular formula is C21H28N2O4S. The molecule has 0 radical (unpaired) electrons. The van der Waals surface area contributed by atoms with Crippen LogP contribution in [0.5, 0.6) is 11.5 Å². The van der Waals surface area contributed by atoms with E-state index in [0.717, 1.165) is 48.6 Å². The number of aromatic hydroxyl groups is 2. The molecule has 0 unspecified atom stereocenters. The fourth-order valence-corrected chi connectivity index (χ4v) is 5.17. The topological polar surface area (TPSA) is 89.9 Å². The SMILES string of the molecule is CCCC(CCC)Nc1ccc2c(c1)CN(S(=O)(=O)c1ccc(O)cc1O)C2. The van der Waals surface area contributed by atoms with Crippen LogP contribution in [-0.4, -0.2) is 29.0 Å². The summed E-state index contributed by atoms with van der Waals surface area (Å²) in [5.41, 5.74) is 2.95. The molecule has 0 saturated heterocycles. The Balaban J connectivity index is 1.79. The normalized spacial score (nSPS) is 14.4. The van der Waals surface area contributed by atoms with Crippen molar-refractivity contribution in [3.8, 4) is 11.5 Å². The van der Waals surface area contributed by atoms with Crippen LogP contribution in [0.2, 0.25) is 0 Å². The van der Waals surface area contributed by atoms with E-state index in [4.69, 9.17) is 0 Å². The molecule has 0 bridgehead atoms. The van der Waals surface area contributed by atoms with Gasteiger partial charge >= 0.3 is 0 Å². The Morgan fingerprint density at radius 2 is 1.68 bits per heavy atom. The highest BCUT2D eigenvalue weighted by molar-refractivity contribution is 7.89. The maximum Gasteiger partial charge on any atom is 0.247 e. The maximum absolute atomic E-state index is 12.9. The van der Waals surface area contributed by atoms with E-state index in [2.05, 4.69) is 19.2 Å². The molecular weight excluding hydrogens is 376 g/mol. The number of fused-ring (bicyclic) bond motifs is 1. The Bertz CT molecular complexity index is 937. The quantitative estimate of drug-likeness (QED) is 0.614. The second-order valence-electron chi connectivity index (χ2n) is 7.33. The highest BCUT2D eigenvalue weighted by atomic mass is 32.2. The van der Waals surface area contributed by atoms with Gasteiger partial charge in [0.15, 0.2) is 0 Å². The lowest BCUT2D eigenvalue weighted by molar-refractivity contribution is 0.415. The zero-order valence-corrected chi connectivity index (χ0v) is 17.2. The van der Waals surface area contributed by atoms with Crippen LogP contribution in [-0.2, 0) is 23.1 Å². The molecule has 3 rings (SSSR count). The van der Waals surface area contributed by atoms with Gasteiger partial charge in [-0.2, -0.15) is 4.31 Å². The number of rotatable bonds is 8. The number of anilines is 1. The molecule has 1 aliphatic rings. The van der Waals surface area contributed by atoms with Gasteiger partial charge in [0.1, 0.15) is 16.4 Å². The van der Waals surface area contributed by atoms with Crippen LogP contribution in [0.25, 0.3) is 0 Å². The summed E-state index contributed by atoms with van der Waals surface area (Å²) in [5, 5.41) is 23.0. The number of nitrogens with one attached hydrogen (secondary N) is 1. The maximum atomic E-state index is 12.9. The monoisotopic (exact) mass is 404 g/mol. The van der Waals surface area contributed by atoms with Gasteiger partial charge in [0, 0.05) is 30.9 Å². The van der Waals surface area contributed by atoms with E-state index < -0.39 is 15.8 Å². The average Bonchev–Trinajstić information content (AvgIpc) is 3.06. The van der Waals surface area contributed by atoms with Crippen molar-refractivity contribution < 1.29 is 18.6 Å². The van der Waals surface area contributed by atoms with Crippen molar-refractivity contribution in [2.75, 3.05) is 5.32 Å². The van der Waals surface area contributed by atoms with Crippen molar-refractivity contribution in [1.82, 2.24) is 4.31 Å². The van der Waals surface area contributed by atoms with Crippen LogP contribution in [0, 0.1) is 0 Å². The zero-order chi connectivity index (χ0) is 20.3. The predicted octanol–water partition coefficient (Wildman–Crippen LogP) is 4.18. The Labute approximate surface area is 166 Å². The highest BCUT2D eigenvalue weighted by Crippen LogP contribution is 2.34. The molecule has 0 aromatic heterocycles. The van der Waals surface area contributed by atoms with Gasteiger partial charge in [-0.1, -0.05) is 32.8 Å². The number of benzene rings is 2. The molecule has 1 heterocycles. The number of phenols is 2. The second-order valence-corrected chi connectivity index (χ2v) is 9.23. The molecule has 152 valence electrons. The van der Waals surface area contributed by atoms with Crippen molar-refractivity contribution >= 4 is 15.7 Å². The molecule has 0 saturated carbocycles. The van der Waals surface area contributed by atoms with E-state index in [1.54, 1.807) is 0 Å². The molecule has 28 heavy (non-hydrogen) atoms. The zero-order valence-electron chi connectivity index (χ0n) is 16.4. The predicted molar refractivity (Wildman–Crippen MR) is 110 cm³/mol. The first-order valence-corrected chi connectivity index (χ1v) is 11.2. The summed E-state index contributed by atoms with van der Waals surface area (Å²) >= 11 is 0. The van der Waals surface area contributed by atoms with E-state index in [1.165, 1.54) is 16.4 Å². The van der Waals surface area contributed by atoms with E-state index in [1.807, 2.05) is 18.2 Å². The fourth-order valence-electron chi connectivity index (χ4n) is 3.71. The third kappa shape index (κ3) is 4.25. The third-order valence-corrected chi connectivity index (χ3v) is 6.94. The van der Waals surface area contributed by atoms with Crippen LogP contribution in [0.1, 0.15) is 50.7 Å². The molecule has 3 N–H and O–H groups in total. The van der Waals surface area contributed by atoms with E-state index >= 15 is 0 Å². The molecule has 0 fully saturated rings. The van der Waals surface area contributed by atoms with Gasteiger partial charge in [0.05, 0.1) is 0 Å². The molecule has 6 nitrogen and oxygen atoms in total. The van der Waals surface area contributed by atoms with Crippen molar-refractivity contribution in [3.05, 3.63) is 47.5 Å². The van der Waals surface area contributed by atoms with Gasteiger partial charge in [-0.15, -0.1) is 0 Å². The largest absolute Gasteiger partial charge is 0.508 e. The van der Waals surface area contributed by atoms with Crippen LogP contribution < -0.4 is 5.32 Å². The number of hydrogen-bond donors (Lipinski definition) is 3. The molecule has 2 aromatic carbocycles. The summed E-state index contributed by atoms with van der Waals surface area (Å²) in [6.45, 7) is 4.88. The van der Waals surface area contributed by atoms with Crippen LogP contribution in [0.4, 0.5) is 5.69 Å². The number of nitrogens with zero attached hydrogens (tertiary/aromatic N) is 1. The summed E-state index contributed by atoms with van der Waals surface area (Å²) in [5.74, 6) is -0.620. The minimum absolute atomic E-state index is 0.175. The standard InChI is InChI=1S/C21H28N2O4S/c1-3-5-17(6-4-2)22-18-8-7-15-13-23(14-16(15)11-18)28(26,27)21-10-9-19(24)12-20(21)25/h7-12,17,22,24-25H,3-6,13-14H2,1-2H3. The third-order valence-electron chi connectivity index (χ3n) is 5.11. The van der Waals surface area contributed by atoms with Crippen LogP contribution in [0.3, 0.4) is 0 Å². The van der Waals surface area contributed by atoms with Gasteiger partial charge < -0.3 is 15.5 Å². The molecule has 1 aliphatic heterocycles. The Kier molecular flexibility index (Phi) is 6.15. The van der Waals surface area contributed by atoms with Gasteiger partial charge in [0.2, 0.25) is 10.0 Å². The number of phenolic OH excluding ortho intramolecular Hbond substituents is 2. The summed E-state index contributed by atoms with van der Waals surface area (Å²) in [4.78, 5) is -0.192. The lowest BCUT2D eigenvalue weighted by Crippen LogP contribution is -2.25. The minimum atomic E-state index is -3.86. The van der Waals surface area contributed by atoms with Crippen molar-refractivity contribution in [2.24, 2.45) is 0 Å². The number of sulfonamides is 1. The van der Waals surface area contributed by atoms with Gasteiger partial charge in [-0.3, -0.25) is 0 Å². The molecule has 0 amide bonds. The van der Waals surface area contributed by atoms with Crippen molar-refractivity contribution in [1.29, 1.82) is 0 Å².